The minimum Gasteiger partial charge on any atom is -0.340 e. The number of carbonyl (C=O) groups excluding carboxylic acids is 1. The Hall–Kier alpha value is -1.06. The van der Waals surface area contributed by atoms with E-state index >= 15 is 0 Å². The molecule has 21 heavy (non-hydrogen) atoms. The van der Waals surface area contributed by atoms with E-state index < -0.39 is 0 Å². The molecule has 3 aliphatic rings. The molecule has 4 rings (SSSR count). The second-order valence-corrected chi connectivity index (χ2v) is 7.03. The van der Waals surface area contributed by atoms with Gasteiger partial charge in [0.2, 0.25) is 5.91 Å². The highest BCUT2D eigenvalue weighted by molar-refractivity contribution is 6.30. The Kier molecular flexibility index (Phi) is 3.43. The summed E-state index contributed by atoms with van der Waals surface area (Å²) in [7, 11) is 0. The standard InChI is InChI=1S/C17H21ClN2O/c18-13-3-1-2-12(10-13)15-11-16(15)17(21)20-8-6-19(7-9-20)14-4-5-14/h1-3,10,14-16H,4-9,11H2/t15-,16+/m0/s1. The van der Waals surface area contributed by atoms with Crippen LogP contribution in [0.2, 0.25) is 5.02 Å². The van der Waals surface area contributed by atoms with Gasteiger partial charge in [-0.15, -0.1) is 0 Å². The van der Waals surface area contributed by atoms with E-state index in [1.807, 2.05) is 18.2 Å². The van der Waals surface area contributed by atoms with Gasteiger partial charge in [0.05, 0.1) is 0 Å². The van der Waals surface area contributed by atoms with Crippen molar-refractivity contribution in [2.24, 2.45) is 5.92 Å². The number of carbonyl (C=O) groups is 1. The fourth-order valence-electron chi connectivity index (χ4n) is 3.56. The lowest BCUT2D eigenvalue weighted by molar-refractivity contribution is -0.134. The highest BCUT2D eigenvalue weighted by Crippen LogP contribution is 2.49. The largest absolute Gasteiger partial charge is 0.340 e. The van der Waals surface area contributed by atoms with Gasteiger partial charge in [-0.2, -0.15) is 0 Å². The first-order chi connectivity index (χ1) is 10.2. The SMILES string of the molecule is O=C([C@@H]1C[C@H]1c1cccc(Cl)c1)N1CCN(C2CC2)CC1. The van der Waals surface area contributed by atoms with E-state index in [4.69, 9.17) is 11.6 Å². The minimum atomic E-state index is 0.191. The smallest absolute Gasteiger partial charge is 0.226 e. The van der Waals surface area contributed by atoms with Crippen LogP contribution in [0.25, 0.3) is 0 Å². The van der Waals surface area contributed by atoms with Crippen LogP contribution in [0.4, 0.5) is 0 Å². The highest BCUT2D eigenvalue weighted by atomic mass is 35.5. The van der Waals surface area contributed by atoms with Crippen LogP contribution in [0.15, 0.2) is 24.3 Å². The van der Waals surface area contributed by atoms with Gasteiger partial charge in [-0.05, 0) is 42.9 Å². The monoisotopic (exact) mass is 304 g/mol. The van der Waals surface area contributed by atoms with Gasteiger partial charge in [-0.3, -0.25) is 9.69 Å². The van der Waals surface area contributed by atoms with E-state index in [9.17, 15) is 4.79 Å². The summed E-state index contributed by atoms with van der Waals surface area (Å²) in [4.78, 5) is 17.2. The topological polar surface area (TPSA) is 23.6 Å². The van der Waals surface area contributed by atoms with Gasteiger partial charge in [0.25, 0.3) is 0 Å². The Balaban J connectivity index is 1.34. The van der Waals surface area contributed by atoms with Gasteiger partial charge in [0.1, 0.15) is 0 Å². The number of amides is 1. The van der Waals surface area contributed by atoms with Crippen molar-refractivity contribution in [2.75, 3.05) is 26.2 Å². The predicted molar refractivity (Wildman–Crippen MR) is 83.5 cm³/mol. The Morgan fingerprint density at radius 2 is 1.90 bits per heavy atom. The number of piperazine rings is 1. The summed E-state index contributed by atoms with van der Waals surface area (Å²) in [6, 6.07) is 8.79. The lowest BCUT2D eigenvalue weighted by Gasteiger charge is -2.35. The fraction of sp³-hybridized carbons (Fsp3) is 0.588. The summed E-state index contributed by atoms with van der Waals surface area (Å²) in [6.45, 7) is 3.94. The average molecular weight is 305 g/mol. The number of benzene rings is 1. The van der Waals surface area contributed by atoms with Gasteiger partial charge in [0.15, 0.2) is 0 Å². The molecule has 0 radical (unpaired) electrons. The zero-order chi connectivity index (χ0) is 14.4. The summed E-state index contributed by atoms with van der Waals surface area (Å²) in [5.74, 6) is 0.934. The van der Waals surface area contributed by atoms with Crippen LogP contribution in [-0.2, 0) is 4.79 Å². The lowest BCUT2D eigenvalue weighted by Crippen LogP contribution is -2.49. The van der Waals surface area contributed by atoms with Crippen LogP contribution in [0.5, 0.6) is 0 Å². The molecule has 1 aliphatic heterocycles. The predicted octanol–water partition coefficient (Wildman–Crippen LogP) is 2.75. The van der Waals surface area contributed by atoms with Crippen molar-refractivity contribution in [2.45, 2.75) is 31.2 Å². The van der Waals surface area contributed by atoms with Crippen molar-refractivity contribution in [1.29, 1.82) is 0 Å². The van der Waals surface area contributed by atoms with Crippen molar-refractivity contribution in [3.8, 4) is 0 Å². The van der Waals surface area contributed by atoms with E-state index in [1.54, 1.807) is 0 Å². The molecule has 2 atom stereocenters. The van der Waals surface area contributed by atoms with Gasteiger partial charge < -0.3 is 4.90 Å². The van der Waals surface area contributed by atoms with Crippen LogP contribution in [0, 0.1) is 5.92 Å². The van der Waals surface area contributed by atoms with Crippen molar-refractivity contribution in [3.63, 3.8) is 0 Å². The first-order valence-electron chi connectivity index (χ1n) is 8.00. The van der Waals surface area contributed by atoms with E-state index in [2.05, 4.69) is 15.9 Å². The number of rotatable bonds is 3. The molecule has 0 spiro atoms. The Morgan fingerprint density at radius 1 is 1.14 bits per heavy atom. The third-order valence-electron chi connectivity index (χ3n) is 5.07. The van der Waals surface area contributed by atoms with Gasteiger partial charge in [-0.1, -0.05) is 23.7 Å². The molecule has 2 aliphatic carbocycles. The molecule has 3 nitrogen and oxygen atoms in total. The quantitative estimate of drug-likeness (QED) is 0.857. The maximum Gasteiger partial charge on any atom is 0.226 e. The molecule has 1 amide bonds. The summed E-state index contributed by atoms with van der Waals surface area (Å²) in [6.07, 6.45) is 3.70. The maximum atomic E-state index is 12.6. The van der Waals surface area contributed by atoms with Crippen molar-refractivity contribution in [3.05, 3.63) is 34.9 Å². The molecule has 0 N–H and O–H groups in total. The molecule has 1 aromatic rings. The van der Waals surface area contributed by atoms with E-state index in [-0.39, 0.29) is 5.92 Å². The Morgan fingerprint density at radius 3 is 2.57 bits per heavy atom. The van der Waals surface area contributed by atoms with Crippen molar-refractivity contribution in [1.82, 2.24) is 9.80 Å². The average Bonchev–Trinajstić information content (AvgIpc) is 3.40. The molecule has 1 saturated heterocycles. The van der Waals surface area contributed by atoms with E-state index in [0.29, 0.717) is 11.8 Å². The van der Waals surface area contributed by atoms with Crippen LogP contribution in [0.3, 0.4) is 0 Å². The maximum absolute atomic E-state index is 12.6. The van der Waals surface area contributed by atoms with E-state index in [0.717, 1.165) is 43.7 Å². The highest BCUT2D eigenvalue weighted by Gasteiger charge is 2.46. The Labute approximate surface area is 130 Å². The van der Waals surface area contributed by atoms with Crippen LogP contribution < -0.4 is 0 Å². The lowest BCUT2D eigenvalue weighted by atomic mass is 10.1. The van der Waals surface area contributed by atoms with Crippen molar-refractivity contribution >= 4 is 17.5 Å². The first kappa shape index (κ1) is 13.6. The normalized spacial score (nSPS) is 29.5. The molecule has 0 bridgehead atoms. The molecule has 3 fully saturated rings. The zero-order valence-corrected chi connectivity index (χ0v) is 12.9. The second kappa shape index (κ2) is 5.29. The number of hydrogen-bond acceptors (Lipinski definition) is 2. The molecular formula is C17H21ClN2O. The molecule has 2 saturated carbocycles. The molecule has 4 heteroatoms. The van der Waals surface area contributed by atoms with Crippen molar-refractivity contribution < 1.29 is 4.79 Å². The first-order valence-corrected chi connectivity index (χ1v) is 8.38. The number of nitrogens with zero attached hydrogens (tertiary/aromatic N) is 2. The number of hydrogen-bond donors (Lipinski definition) is 0. The second-order valence-electron chi connectivity index (χ2n) is 6.60. The van der Waals surface area contributed by atoms with E-state index in [1.165, 1.54) is 18.4 Å². The number of halogens is 1. The molecule has 0 unspecified atom stereocenters. The minimum absolute atomic E-state index is 0.191. The molecule has 0 aromatic heterocycles. The molecule has 112 valence electrons. The summed E-state index contributed by atoms with van der Waals surface area (Å²) in [5.41, 5.74) is 1.22. The summed E-state index contributed by atoms with van der Waals surface area (Å²) >= 11 is 6.04. The van der Waals surface area contributed by atoms with Crippen LogP contribution in [-0.4, -0.2) is 47.9 Å². The van der Waals surface area contributed by atoms with Crippen LogP contribution >= 0.6 is 11.6 Å². The fourth-order valence-corrected chi connectivity index (χ4v) is 3.75. The third-order valence-corrected chi connectivity index (χ3v) is 5.31. The summed E-state index contributed by atoms with van der Waals surface area (Å²) < 4.78 is 0. The molecule has 1 aromatic carbocycles. The molecular weight excluding hydrogens is 284 g/mol. The van der Waals surface area contributed by atoms with Crippen LogP contribution in [0.1, 0.15) is 30.7 Å². The van der Waals surface area contributed by atoms with Gasteiger partial charge in [-0.25, -0.2) is 0 Å². The van der Waals surface area contributed by atoms with Gasteiger partial charge >= 0.3 is 0 Å². The Bertz CT molecular complexity index is 549. The molecule has 1 heterocycles. The third kappa shape index (κ3) is 2.82. The summed E-state index contributed by atoms with van der Waals surface area (Å²) in [5, 5.41) is 0.767. The van der Waals surface area contributed by atoms with Gasteiger partial charge in [0, 0.05) is 43.2 Å². The zero-order valence-electron chi connectivity index (χ0n) is 12.2.